The minimum atomic E-state index is -0.454. The number of carbonyl (C=O) groups excluding carboxylic acids is 2. The summed E-state index contributed by atoms with van der Waals surface area (Å²) in [4.78, 5) is 23.8. The van der Waals surface area contributed by atoms with E-state index >= 15 is 0 Å². The van der Waals surface area contributed by atoms with Crippen molar-refractivity contribution < 1.29 is 19.1 Å². The number of rotatable bonds is 11. The molecule has 5 nitrogen and oxygen atoms in total. The monoisotopic (exact) mass is 383 g/mol. The van der Waals surface area contributed by atoms with E-state index in [1.807, 2.05) is 0 Å². The minimum Gasteiger partial charge on any atom is -0.494 e. The molecule has 1 N–H and O–H groups in total. The molecule has 2 rings (SSSR count). The first-order valence-corrected chi connectivity index (χ1v) is 9.97. The van der Waals surface area contributed by atoms with Crippen molar-refractivity contribution >= 4 is 17.6 Å². The van der Waals surface area contributed by atoms with E-state index in [1.54, 1.807) is 55.5 Å². The predicted octanol–water partition coefficient (Wildman–Crippen LogP) is 5.60. The number of anilines is 1. The Balaban J connectivity index is 1.84. The fourth-order valence-corrected chi connectivity index (χ4v) is 2.64. The summed E-state index contributed by atoms with van der Waals surface area (Å²) in [6.07, 6.45) is 6.34. The van der Waals surface area contributed by atoms with Crippen molar-refractivity contribution in [1.82, 2.24) is 0 Å². The number of hydrogen-bond acceptors (Lipinski definition) is 4. The molecule has 0 spiro atoms. The maximum atomic E-state index is 12.3. The lowest BCUT2D eigenvalue weighted by molar-refractivity contribution is -0.115. The van der Waals surface area contributed by atoms with Gasteiger partial charge in [0.25, 0.3) is 0 Å². The van der Waals surface area contributed by atoms with Crippen LogP contribution in [0.15, 0.2) is 48.5 Å². The summed E-state index contributed by atoms with van der Waals surface area (Å²) in [5.74, 6) is 0.581. The van der Waals surface area contributed by atoms with Gasteiger partial charge in [-0.3, -0.25) is 4.79 Å². The van der Waals surface area contributed by atoms with E-state index < -0.39 is 5.97 Å². The minimum absolute atomic E-state index is 0.0931. The number of carbonyl (C=O) groups is 2. The summed E-state index contributed by atoms with van der Waals surface area (Å²) in [6, 6.07) is 13.7. The van der Waals surface area contributed by atoms with Crippen LogP contribution in [-0.2, 0) is 4.79 Å². The predicted molar refractivity (Wildman–Crippen MR) is 111 cm³/mol. The molecule has 0 fully saturated rings. The third kappa shape index (κ3) is 7.43. The second-order valence-corrected chi connectivity index (χ2v) is 6.61. The molecule has 0 radical (unpaired) electrons. The van der Waals surface area contributed by atoms with E-state index in [2.05, 4.69) is 12.2 Å². The quantitative estimate of drug-likeness (QED) is 0.311. The fourth-order valence-electron chi connectivity index (χ4n) is 2.64. The molecule has 0 heterocycles. The number of benzene rings is 2. The summed E-state index contributed by atoms with van der Waals surface area (Å²) in [5.41, 5.74) is 1.04. The van der Waals surface area contributed by atoms with E-state index in [0.717, 1.165) is 12.2 Å². The van der Waals surface area contributed by atoms with Gasteiger partial charge in [-0.2, -0.15) is 0 Å². The van der Waals surface area contributed by atoms with Gasteiger partial charge in [-0.15, -0.1) is 0 Å². The summed E-state index contributed by atoms with van der Waals surface area (Å²) in [7, 11) is 0. The van der Waals surface area contributed by atoms with Crippen LogP contribution in [0.25, 0.3) is 0 Å². The van der Waals surface area contributed by atoms with Crippen LogP contribution < -0.4 is 14.8 Å². The molecule has 2 aromatic carbocycles. The Morgan fingerprint density at radius 1 is 0.893 bits per heavy atom. The van der Waals surface area contributed by atoms with Gasteiger partial charge in [-0.05, 0) is 42.8 Å². The Kier molecular flexibility index (Phi) is 9.05. The molecule has 2 aromatic rings. The molecule has 0 atom stereocenters. The standard InChI is InChI=1S/C23H29NO4/c1-3-5-6-7-8-16-27-20-14-12-18(13-15-20)23(26)28-21-11-9-10-19(17-21)24-22(25)4-2/h9-15,17H,3-8,16H2,1-2H3,(H,24,25). The van der Waals surface area contributed by atoms with Crippen molar-refractivity contribution in [3.05, 3.63) is 54.1 Å². The normalized spacial score (nSPS) is 10.4. The molecule has 0 aromatic heterocycles. The molecule has 1 amide bonds. The van der Waals surface area contributed by atoms with Gasteiger partial charge in [0, 0.05) is 18.2 Å². The van der Waals surface area contributed by atoms with Crippen LogP contribution in [0.2, 0.25) is 0 Å². The number of ether oxygens (including phenoxy) is 2. The molecule has 28 heavy (non-hydrogen) atoms. The van der Waals surface area contributed by atoms with Gasteiger partial charge < -0.3 is 14.8 Å². The molecule has 0 saturated carbocycles. The van der Waals surface area contributed by atoms with Gasteiger partial charge in [-0.1, -0.05) is 45.6 Å². The van der Waals surface area contributed by atoms with Gasteiger partial charge in [0.15, 0.2) is 0 Å². The highest BCUT2D eigenvalue weighted by molar-refractivity contribution is 5.92. The molecule has 0 aliphatic rings. The average Bonchev–Trinajstić information content (AvgIpc) is 2.71. The average molecular weight is 383 g/mol. The lowest BCUT2D eigenvalue weighted by atomic mass is 10.2. The van der Waals surface area contributed by atoms with Crippen molar-refractivity contribution in [3.63, 3.8) is 0 Å². The Morgan fingerprint density at radius 3 is 2.36 bits per heavy atom. The van der Waals surface area contributed by atoms with Crippen LogP contribution >= 0.6 is 0 Å². The van der Waals surface area contributed by atoms with Gasteiger partial charge in [0.05, 0.1) is 12.2 Å². The molecule has 0 aliphatic carbocycles. The highest BCUT2D eigenvalue weighted by atomic mass is 16.5. The Morgan fingerprint density at radius 2 is 1.64 bits per heavy atom. The van der Waals surface area contributed by atoms with Crippen LogP contribution in [0.4, 0.5) is 5.69 Å². The molecular formula is C23H29NO4. The maximum Gasteiger partial charge on any atom is 0.343 e. The van der Waals surface area contributed by atoms with Gasteiger partial charge >= 0.3 is 5.97 Å². The molecular weight excluding hydrogens is 354 g/mol. The number of hydrogen-bond donors (Lipinski definition) is 1. The van der Waals surface area contributed by atoms with Crippen LogP contribution in [0.5, 0.6) is 11.5 Å². The van der Waals surface area contributed by atoms with Gasteiger partial charge in [0.2, 0.25) is 5.91 Å². The number of nitrogens with one attached hydrogen (secondary N) is 1. The van der Waals surface area contributed by atoms with Crippen LogP contribution in [0.3, 0.4) is 0 Å². The lowest BCUT2D eigenvalue weighted by Gasteiger charge is -2.09. The summed E-state index contributed by atoms with van der Waals surface area (Å²) in [6.45, 7) is 4.66. The zero-order chi connectivity index (χ0) is 20.2. The molecule has 5 heteroatoms. The van der Waals surface area contributed by atoms with Crippen molar-refractivity contribution in [3.8, 4) is 11.5 Å². The first-order valence-electron chi connectivity index (χ1n) is 9.97. The Bertz CT molecular complexity index is 755. The maximum absolute atomic E-state index is 12.3. The second kappa shape index (κ2) is 11.8. The zero-order valence-corrected chi connectivity index (χ0v) is 16.7. The van der Waals surface area contributed by atoms with Crippen molar-refractivity contribution in [2.75, 3.05) is 11.9 Å². The molecule has 0 aliphatic heterocycles. The van der Waals surface area contributed by atoms with Crippen molar-refractivity contribution in [2.45, 2.75) is 52.4 Å². The number of esters is 1. The third-order valence-electron chi connectivity index (χ3n) is 4.26. The summed E-state index contributed by atoms with van der Waals surface area (Å²) in [5, 5.41) is 2.74. The third-order valence-corrected chi connectivity index (χ3v) is 4.26. The van der Waals surface area contributed by atoms with Gasteiger partial charge in [0.1, 0.15) is 11.5 Å². The van der Waals surface area contributed by atoms with Crippen LogP contribution in [0.1, 0.15) is 62.7 Å². The van der Waals surface area contributed by atoms with Crippen LogP contribution in [0, 0.1) is 0 Å². The highest BCUT2D eigenvalue weighted by Gasteiger charge is 2.10. The van der Waals surface area contributed by atoms with E-state index in [9.17, 15) is 9.59 Å². The molecule has 0 bridgehead atoms. The second-order valence-electron chi connectivity index (χ2n) is 6.61. The van der Waals surface area contributed by atoms with E-state index in [0.29, 0.717) is 30.0 Å². The van der Waals surface area contributed by atoms with Crippen LogP contribution in [-0.4, -0.2) is 18.5 Å². The van der Waals surface area contributed by atoms with Crippen molar-refractivity contribution in [1.29, 1.82) is 0 Å². The van der Waals surface area contributed by atoms with E-state index in [1.165, 1.54) is 25.7 Å². The smallest absolute Gasteiger partial charge is 0.343 e. The highest BCUT2D eigenvalue weighted by Crippen LogP contribution is 2.20. The fraction of sp³-hybridized carbons (Fsp3) is 0.391. The molecule has 0 unspecified atom stereocenters. The zero-order valence-electron chi connectivity index (χ0n) is 16.7. The van der Waals surface area contributed by atoms with Crippen molar-refractivity contribution in [2.24, 2.45) is 0 Å². The topological polar surface area (TPSA) is 64.6 Å². The summed E-state index contributed by atoms with van der Waals surface area (Å²) < 4.78 is 11.1. The van der Waals surface area contributed by atoms with Gasteiger partial charge in [-0.25, -0.2) is 4.79 Å². The molecule has 0 saturated heterocycles. The first-order chi connectivity index (χ1) is 13.6. The van der Waals surface area contributed by atoms with E-state index in [-0.39, 0.29) is 5.91 Å². The SMILES string of the molecule is CCCCCCCOc1ccc(C(=O)Oc2cccc(NC(=O)CC)c2)cc1. The Labute approximate surface area is 167 Å². The summed E-state index contributed by atoms with van der Waals surface area (Å²) >= 11 is 0. The Hall–Kier alpha value is -2.82. The van der Waals surface area contributed by atoms with E-state index in [4.69, 9.17) is 9.47 Å². The number of amides is 1. The largest absolute Gasteiger partial charge is 0.494 e. The number of unbranched alkanes of at least 4 members (excludes halogenated alkanes) is 4. The molecule has 150 valence electrons. The first kappa shape index (κ1) is 21.5. The lowest BCUT2D eigenvalue weighted by Crippen LogP contribution is -2.11.